The Hall–Kier alpha value is -0.780. The minimum absolute atomic E-state index is 0.400. The topological polar surface area (TPSA) is 0 Å². The van der Waals surface area contributed by atoms with Gasteiger partial charge in [0.1, 0.15) is 0 Å². The molecule has 0 amide bonds. The van der Waals surface area contributed by atoms with Gasteiger partial charge in [0.15, 0.2) is 0 Å². The molecule has 0 N–H and O–H groups in total. The molecule has 0 heterocycles. The molecular formula is C17H26. The Bertz CT molecular complexity index is 311. The third-order valence-electron chi connectivity index (χ3n) is 5.00. The predicted octanol–water partition coefficient (Wildman–Crippen LogP) is 5.28. The van der Waals surface area contributed by atoms with Crippen molar-refractivity contribution in [2.24, 2.45) is 17.3 Å². The maximum absolute atomic E-state index is 3.96. The van der Waals surface area contributed by atoms with Crippen molar-refractivity contribution in [3.05, 3.63) is 36.5 Å². The molecule has 0 unspecified atom stereocenters. The second-order valence-electron chi connectivity index (χ2n) is 6.23. The van der Waals surface area contributed by atoms with Crippen LogP contribution in [0.25, 0.3) is 0 Å². The maximum Gasteiger partial charge on any atom is -0.0109 e. The zero-order valence-electron chi connectivity index (χ0n) is 11.5. The van der Waals surface area contributed by atoms with Crippen molar-refractivity contribution in [2.45, 2.75) is 52.4 Å². The zero-order chi connectivity index (χ0) is 12.5. The van der Waals surface area contributed by atoms with Crippen LogP contribution in [-0.2, 0) is 0 Å². The SMILES string of the molecule is C=CC[C@@H]1C2=C(CCCC2)[C@@H](CC=C)C1(C)C. The Morgan fingerprint density at radius 1 is 1.00 bits per heavy atom. The molecule has 0 nitrogen and oxygen atoms in total. The second kappa shape index (κ2) is 4.84. The van der Waals surface area contributed by atoms with E-state index in [9.17, 15) is 0 Å². The molecule has 17 heavy (non-hydrogen) atoms. The van der Waals surface area contributed by atoms with Crippen molar-refractivity contribution >= 4 is 0 Å². The van der Waals surface area contributed by atoms with Crippen molar-refractivity contribution in [1.29, 1.82) is 0 Å². The summed E-state index contributed by atoms with van der Waals surface area (Å²) in [6, 6.07) is 0. The Morgan fingerprint density at radius 3 is 1.76 bits per heavy atom. The van der Waals surface area contributed by atoms with Crippen LogP contribution in [0.3, 0.4) is 0 Å². The van der Waals surface area contributed by atoms with Crippen molar-refractivity contribution in [2.75, 3.05) is 0 Å². The van der Waals surface area contributed by atoms with Crippen molar-refractivity contribution in [3.8, 4) is 0 Å². The van der Waals surface area contributed by atoms with Gasteiger partial charge in [-0.05, 0) is 55.8 Å². The summed E-state index contributed by atoms with van der Waals surface area (Å²) in [6.07, 6.45) is 12.0. The van der Waals surface area contributed by atoms with E-state index in [0.29, 0.717) is 5.41 Å². The number of hydrogen-bond acceptors (Lipinski definition) is 0. The summed E-state index contributed by atoms with van der Waals surface area (Å²) in [5.74, 6) is 1.47. The fraction of sp³-hybridized carbons (Fsp3) is 0.647. The first-order valence-electron chi connectivity index (χ1n) is 7.06. The zero-order valence-corrected chi connectivity index (χ0v) is 11.5. The number of rotatable bonds is 4. The van der Waals surface area contributed by atoms with Crippen LogP contribution in [0.1, 0.15) is 52.4 Å². The van der Waals surface area contributed by atoms with E-state index in [1.54, 1.807) is 11.1 Å². The molecule has 0 fully saturated rings. The van der Waals surface area contributed by atoms with Crippen LogP contribution in [0.5, 0.6) is 0 Å². The lowest BCUT2D eigenvalue weighted by Crippen LogP contribution is -2.27. The lowest BCUT2D eigenvalue weighted by atomic mass is 9.70. The summed E-state index contributed by atoms with van der Waals surface area (Å²) in [7, 11) is 0. The third-order valence-corrected chi connectivity index (χ3v) is 5.00. The van der Waals surface area contributed by atoms with Crippen LogP contribution < -0.4 is 0 Å². The van der Waals surface area contributed by atoms with E-state index in [4.69, 9.17) is 0 Å². The van der Waals surface area contributed by atoms with E-state index in [1.807, 2.05) is 0 Å². The molecule has 0 aromatic rings. The van der Waals surface area contributed by atoms with E-state index in [-0.39, 0.29) is 0 Å². The molecule has 0 aromatic carbocycles. The Balaban J connectivity index is 2.36. The molecule has 2 atom stereocenters. The predicted molar refractivity (Wildman–Crippen MR) is 75.9 cm³/mol. The van der Waals surface area contributed by atoms with E-state index in [0.717, 1.165) is 24.7 Å². The smallest absolute Gasteiger partial charge is 0.0109 e. The average molecular weight is 230 g/mol. The molecule has 0 heteroatoms. The maximum atomic E-state index is 3.96. The summed E-state index contributed by atoms with van der Waals surface area (Å²) < 4.78 is 0. The van der Waals surface area contributed by atoms with Crippen molar-refractivity contribution < 1.29 is 0 Å². The molecule has 94 valence electrons. The minimum atomic E-state index is 0.400. The fourth-order valence-corrected chi connectivity index (χ4v) is 4.11. The van der Waals surface area contributed by atoms with Gasteiger partial charge in [-0.25, -0.2) is 0 Å². The van der Waals surface area contributed by atoms with Gasteiger partial charge in [0.05, 0.1) is 0 Å². The second-order valence-corrected chi connectivity index (χ2v) is 6.23. The van der Waals surface area contributed by atoms with Crippen LogP contribution >= 0.6 is 0 Å². The molecule has 0 saturated heterocycles. The van der Waals surface area contributed by atoms with Gasteiger partial charge in [-0.15, -0.1) is 13.2 Å². The molecular weight excluding hydrogens is 204 g/mol. The molecule has 2 aliphatic rings. The molecule has 0 spiro atoms. The Labute approximate surface area is 106 Å². The molecule has 0 aliphatic heterocycles. The van der Waals surface area contributed by atoms with Crippen LogP contribution in [0.4, 0.5) is 0 Å². The molecule has 0 radical (unpaired) electrons. The number of hydrogen-bond donors (Lipinski definition) is 0. The first-order chi connectivity index (χ1) is 8.12. The van der Waals surface area contributed by atoms with Crippen molar-refractivity contribution in [3.63, 3.8) is 0 Å². The van der Waals surface area contributed by atoms with E-state index < -0.39 is 0 Å². The largest absolute Gasteiger partial charge is 0.103 e. The first kappa shape index (κ1) is 12.7. The van der Waals surface area contributed by atoms with Gasteiger partial charge in [-0.3, -0.25) is 0 Å². The molecule has 0 saturated carbocycles. The molecule has 2 aliphatic carbocycles. The fourth-order valence-electron chi connectivity index (χ4n) is 4.11. The van der Waals surface area contributed by atoms with Gasteiger partial charge in [-0.2, -0.15) is 0 Å². The standard InChI is InChI=1S/C17H26/c1-5-9-15-13-11-7-8-12-14(13)16(10-6-2)17(15,3)4/h5-6,15-16H,1-2,7-12H2,3-4H3/t15-,16-/m1/s1. The Kier molecular flexibility index (Phi) is 3.61. The average Bonchev–Trinajstić information content (AvgIpc) is 2.52. The summed E-state index contributed by atoms with van der Waals surface area (Å²) in [6.45, 7) is 12.8. The van der Waals surface area contributed by atoms with Gasteiger partial charge in [-0.1, -0.05) is 37.1 Å². The lowest BCUT2D eigenvalue weighted by Gasteiger charge is -2.34. The molecule has 0 bridgehead atoms. The first-order valence-corrected chi connectivity index (χ1v) is 7.06. The highest BCUT2D eigenvalue weighted by molar-refractivity contribution is 5.33. The van der Waals surface area contributed by atoms with E-state index in [2.05, 4.69) is 39.2 Å². The van der Waals surface area contributed by atoms with Crippen LogP contribution in [0.2, 0.25) is 0 Å². The third kappa shape index (κ3) is 2.03. The van der Waals surface area contributed by atoms with Crippen LogP contribution in [0, 0.1) is 17.3 Å². The van der Waals surface area contributed by atoms with Gasteiger partial charge in [0.25, 0.3) is 0 Å². The summed E-state index contributed by atoms with van der Waals surface area (Å²) in [5, 5.41) is 0. The van der Waals surface area contributed by atoms with E-state index in [1.165, 1.54) is 25.7 Å². The van der Waals surface area contributed by atoms with E-state index >= 15 is 0 Å². The summed E-state index contributed by atoms with van der Waals surface area (Å²) in [5.41, 5.74) is 3.97. The normalized spacial score (nSPS) is 31.2. The quantitative estimate of drug-likeness (QED) is 0.576. The molecule has 2 rings (SSSR count). The van der Waals surface area contributed by atoms with Crippen LogP contribution in [-0.4, -0.2) is 0 Å². The van der Waals surface area contributed by atoms with Gasteiger partial charge in [0, 0.05) is 0 Å². The summed E-state index contributed by atoms with van der Waals surface area (Å²) in [4.78, 5) is 0. The highest BCUT2D eigenvalue weighted by Gasteiger charge is 2.46. The number of allylic oxidation sites excluding steroid dienone is 4. The minimum Gasteiger partial charge on any atom is -0.103 e. The summed E-state index contributed by atoms with van der Waals surface area (Å²) >= 11 is 0. The monoisotopic (exact) mass is 230 g/mol. The van der Waals surface area contributed by atoms with Crippen molar-refractivity contribution in [1.82, 2.24) is 0 Å². The van der Waals surface area contributed by atoms with Gasteiger partial charge >= 0.3 is 0 Å². The highest BCUT2D eigenvalue weighted by atomic mass is 14.5. The lowest BCUT2D eigenvalue weighted by molar-refractivity contribution is 0.194. The molecule has 0 aromatic heterocycles. The highest BCUT2D eigenvalue weighted by Crippen LogP contribution is 2.57. The van der Waals surface area contributed by atoms with Crippen LogP contribution in [0.15, 0.2) is 36.5 Å². The Morgan fingerprint density at radius 2 is 1.41 bits per heavy atom. The van der Waals surface area contributed by atoms with Gasteiger partial charge < -0.3 is 0 Å². The van der Waals surface area contributed by atoms with Gasteiger partial charge in [0.2, 0.25) is 0 Å².